The lowest BCUT2D eigenvalue weighted by Gasteiger charge is -2.26. The maximum atomic E-state index is 12.2. The predicted octanol–water partition coefficient (Wildman–Crippen LogP) is 2.77. The fourth-order valence-electron chi connectivity index (χ4n) is 3.23. The van der Waals surface area contributed by atoms with Crippen LogP contribution in [0.3, 0.4) is 0 Å². The molecule has 0 bridgehead atoms. The van der Waals surface area contributed by atoms with E-state index in [9.17, 15) is 13.8 Å². The number of carbonyl (C=O) groups excluding carboxylic acids is 2. The first kappa shape index (κ1) is 18.3. The summed E-state index contributed by atoms with van der Waals surface area (Å²) >= 11 is 0. The van der Waals surface area contributed by atoms with Crippen molar-refractivity contribution in [2.75, 3.05) is 12.9 Å². The molecule has 1 aliphatic carbocycles. The zero-order valence-corrected chi connectivity index (χ0v) is 15.4. The van der Waals surface area contributed by atoms with Crippen LogP contribution in [-0.4, -0.2) is 28.9 Å². The quantitative estimate of drug-likeness (QED) is 0.821. The molecule has 3 rings (SSSR count). The zero-order chi connectivity index (χ0) is 18.5. The molecular formula is C20H21NO4S. The molecule has 2 atom stereocenters. The summed E-state index contributed by atoms with van der Waals surface area (Å²) in [5, 5.41) is 2.94. The van der Waals surface area contributed by atoms with Gasteiger partial charge >= 0.3 is 5.97 Å². The highest BCUT2D eigenvalue weighted by Gasteiger charge is 2.22. The lowest BCUT2D eigenvalue weighted by Crippen LogP contribution is -2.34. The Labute approximate surface area is 155 Å². The van der Waals surface area contributed by atoms with E-state index in [1.807, 2.05) is 18.2 Å². The number of esters is 1. The molecule has 0 saturated carbocycles. The van der Waals surface area contributed by atoms with Crippen molar-refractivity contribution in [3.8, 4) is 0 Å². The molecule has 1 N–H and O–H groups in total. The lowest BCUT2D eigenvalue weighted by atomic mass is 9.88. The van der Waals surface area contributed by atoms with Crippen LogP contribution in [0.1, 0.15) is 40.4 Å². The number of nitrogens with one attached hydrogen (secondary N) is 1. The third-order valence-electron chi connectivity index (χ3n) is 4.46. The Morgan fingerprint density at radius 2 is 1.88 bits per heavy atom. The summed E-state index contributed by atoms with van der Waals surface area (Å²) in [6.07, 6.45) is 4.40. The molecule has 6 heteroatoms. The number of hydrogen-bond donors (Lipinski definition) is 1. The summed E-state index contributed by atoms with van der Waals surface area (Å²) in [5.41, 5.74) is 2.61. The van der Waals surface area contributed by atoms with E-state index in [0.717, 1.165) is 24.8 Å². The van der Waals surface area contributed by atoms with Crippen LogP contribution >= 0.6 is 0 Å². The van der Waals surface area contributed by atoms with E-state index in [1.165, 1.54) is 11.8 Å². The van der Waals surface area contributed by atoms with E-state index in [-0.39, 0.29) is 24.1 Å². The van der Waals surface area contributed by atoms with Gasteiger partial charge < -0.3 is 10.1 Å². The first-order valence-corrected chi connectivity index (χ1v) is 10.1. The van der Waals surface area contributed by atoms with Crippen molar-refractivity contribution < 1.29 is 18.5 Å². The predicted molar refractivity (Wildman–Crippen MR) is 99.3 cm³/mol. The van der Waals surface area contributed by atoms with E-state index >= 15 is 0 Å². The average molecular weight is 371 g/mol. The summed E-state index contributed by atoms with van der Waals surface area (Å²) in [6, 6.07) is 14.6. The number of aryl methyl sites for hydroxylation is 1. The summed E-state index contributed by atoms with van der Waals surface area (Å²) in [5.74, 6) is -0.981. The van der Waals surface area contributed by atoms with E-state index in [1.54, 1.807) is 24.3 Å². The molecule has 26 heavy (non-hydrogen) atoms. The normalized spacial score (nSPS) is 17.0. The fourth-order valence-corrected chi connectivity index (χ4v) is 3.97. The molecule has 0 aliphatic heterocycles. The second-order valence-electron chi connectivity index (χ2n) is 6.24. The summed E-state index contributed by atoms with van der Waals surface area (Å²) in [7, 11) is -1.31. The van der Waals surface area contributed by atoms with Crippen LogP contribution in [0.4, 0.5) is 0 Å². The van der Waals surface area contributed by atoms with Gasteiger partial charge in [0.1, 0.15) is 0 Å². The van der Waals surface area contributed by atoms with Gasteiger partial charge in [-0.05, 0) is 42.5 Å². The molecule has 0 saturated heterocycles. The van der Waals surface area contributed by atoms with Crippen LogP contribution in [0.5, 0.6) is 0 Å². The number of fused-ring (bicyclic) bond motifs is 1. The zero-order valence-electron chi connectivity index (χ0n) is 14.6. The van der Waals surface area contributed by atoms with Crippen molar-refractivity contribution >= 4 is 22.7 Å². The SMILES string of the molecule is C[S@](=O)c1ccccc1C(=O)OCC(=O)N[C@@H]1CCCc2ccccc21. The van der Waals surface area contributed by atoms with Gasteiger partial charge in [0, 0.05) is 6.26 Å². The van der Waals surface area contributed by atoms with Gasteiger partial charge in [-0.25, -0.2) is 4.79 Å². The maximum Gasteiger partial charge on any atom is 0.339 e. The highest BCUT2D eigenvalue weighted by molar-refractivity contribution is 7.84. The minimum atomic E-state index is -1.31. The molecule has 1 amide bonds. The van der Waals surface area contributed by atoms with Gasteiger partial charge in [-0.15, -0.1) is 0 Å². The molecule has 2 aromatic carbocycles. The minimum absolute atomic E-state index is 0.0541. The van der Waals surface area contributed by atoms with Crippen molar-refractivity contribution in [3.05, 3.63) is 65.2 Å². The molecule has 5 nitrogen and oxygen atoms in total. The van der Waals surface area contributed by atoms with Gasteiger partial charge in [0.15, 0.2) is 6.61 Å². The highest BCUT2D eigenvalue weighted by Crippen LogP contribution is 2.29. The number of hydrogen-bond acceptors (Lipinski definition) is 4. The summed E-state index contributed by atoms with van der Waals surface area (Å²) < 4.78 is 16.8. The Hall–Kier alpha value is -2.47. The maximum absolute atomic E-state index is 12.2. The molecule has 0 heterocycles. The Morgan fingerprint density at radius 3 is 2.69 bits per heavy atom. The van der Waals surface area contributed by atoms with Crippen molar-refractivity contribution in [2.24, 2.45) is 0 Å². The molecule has 0 fully saturated rings. The van der Waals surface area contributed by atoms with Gasteiger partial charge in [-0.1, -0.05) is 36.4 Å². The van der Waals surface area contributed by atoms with E-state index in [2.05, 4.69) is 11.4 Å². The van der Waals surface area contributed by atoms with E-state index < -0.39 is 16.8 Å². The molecule has 0 unspecified atom stereocenters. The second-order valence-corrected chi connectivity index (χ2v) is 7.59. The van der Waals surface area contributed by atoms with Crippen LogP contribution < -0.4 is 5.32 Å². The number of amides is 1. The Kier molecular flexibility index (Phi) is 5.83. The van der Waals surface area contributed by atoms with E-state index in [0.29, 0.717) is 4.90 Å². The van der Waals surface area contributed by atoms with Gasteiger partial charge in [0.2, 0.25) is 0 Å². The third-order valence-corrected chi connectivity index (χ3v) is 5.43. The van der Waals surface area contributed by atoms with Crippen molar-refractivity contribution in [3.63, 3.8) is 0 Å². The first-order valence-electron chi connectivity index (χ1n) is 8.53. The van der Waals surface area contributed by atoms with Crippen LogP contribution in [0.25, 0.3) is 0 Å². The number of ether oxygens (including phenoxy) is 1. The van der Waals surface area contributed by atoms with Gasteiger partial charge in [0.05, 0.1) is 27.3 Å². The molecule has 0 radical (unpaired) electrons. The summed E-state index contributed by atoms with van der Waals surface area (Å²) in [4.78, 5) is 24.9. The molecular weight excluding hydrogens is 350 g/mol. The number of rotatable bonds is 5. The van der Waals surface area contributed by atoms with Crippen molar-refractivity contribution in [1.29, 1.82) is 0 Å². The van der Waals surface area contributed by atoms with Gasteiger partial charge in [-0.2, -0.15) is 0 Å². The first-order chi connectivity index (χ1) is 12.6. The standard InChI is InChI=1S/C20H21NO4S/c1-26(24)18-12-5-4-10-16(18)20(23)25-13-19(22)21-17-11-6-8-14-7-2-3-9-15(14)17/h2-5,7,9-10,12,17H,6,8,11,13H2,1H3,(H,21,22)/t17-,26+/m1/s1. The van der Waals surface area contributed by atoms with Crippen LogP contribution in [0.15, 0.2) is 53.4 Å². The molecule has 0 aromatic heterocycles. The minimum Gasteiger partial charge on any atom is -0.452 e. The Balaban J connectivity index is 1.60. The smallest absolute Gasteiger partial charge is 0.339 e. The molecule has 2 aromatic rings. The average Bonchev–Trinajstić information content (AvgIpc) is 2.66. The second kappa shape index (κ2) is 8.27. The van der Waals surface area contributed by atoms with Gasteiger partial charge in [-0.3, -0.25) is 9.00 Å². The largest absolute Gasteiger partial charge is 0.452 e. The van der Waals surface area contributed by atoms with Gasteiger partial charge in [0.25, 0.3) is 5.91 Å². The van der Waals surface area contributed by atoms with Crippen molar-refractivity contribution in [2.45, 2.75) is 30.2 Å². The van der Waals surface area contributed by atoms with Crippen LogP contribution in [0.2, 0.25) is 0 Å². The Bertz CT molecular complexity index is 849. The Morgan fingerprint density at radius 1 is 1.15 bits per heavy atom. The summed E-state index contributed by atoms with van der Waals surface area (Å²) in [6.45, 7) is -0.359. The van der Waals surface area contributed by atoms with E-state index in [4.69, 9.17) is 4.74 Å². The van der Waals surface area contributed by atoms with Crippen molar-refractivity contribution in [1.82, 2.24) is 5.32 Å². The topological polar surface area (TPSA) is 72.5 Å². The molecule has 0 spiro atoms. The number of benzene rings is 2. The highest BCUT2D eigenvalue weighted by atomic mass is 32.2. The third kappa shape index (κ3) is 4.19. The molecule has 136 valence electrons. The monoisotopic (exact) mass is 371 g/mol. The lowest BCUT2D eigenvalue weighted by molar-refractivity contribution is -0.125. The van der Waals surface area contributed by atoms with Crippen LogP contribution in [-0.2, 0) is 26.8 Å². The number of carbonyl (C=O) groups is 2. The fraction of sp³-hybridized carbons (Fsp3) is 0.300. The van der Waals surface area contributed by atoms with Crippen LogP contribution in [0, 0.1) is 0 Å². The molecule has 1 aliphatic rings.